The first kappa shape index (κ1) is 6.01. The Morgan fingerprint density at radius 2 is 2.43 bits per heavy atom. The molecule has 38 valence electrons. The van der Waals surface area contributed by atoms with E-state index < -0.39 is 5.91 Å². The molecule has 0 aromatic rings. The van der Waals surface area contributed by atoms with Crippen LogP contribution in [0.25, 0.3) is 0 Å². The maximum absolute atomic E-state index is 10.0. The summed E-state index contributed by atoms with van der Waals surface area (Å²) in [6.45, 7) is 2.99. The van der Waals surface area contributed by atoms with E-state index in [2.05, 4.69) is 16.7 Å². The minimum absolute atomic E-state index is 0.400. The van der Waals surface area contributed by atoms with Gasteiger partial charge in [-0.2, -0.15) is 0 Å². The van der Waals surface area contributed by atoms with Crippen molar-refractivity contribution in [1.82, 2.24) is 0 Å². The van der Waals surface area contributed by atoms with Crippen molar-refractivity contribution in [2.24, 2.45) is 9.98 Å². The lowest BCUT2D eigenvalue weighted by Crippen LogP contribution is -1.90. The second-order valence-corrected chi connectivity index (χ2v) is 0.884. The SMILES string of the molecule is C=NC(=O)C=NC. The van der Waals surface area contributed by atoms with Crippen LogP contribution in [0.2, 0.25) is 0 Å². The first-order valence-corrected chi connectivity index (χ1v) is 1.74. The van der Waals surface area contributed by atoms with Crippen molar-refractivity contribution in [3.8, 4) is 0 Å². The zero-order valence-corrected chi connectivity index (χ0v) is 4.09. The van der Waals surface area contributed by atoms with Crippen LogP contribution in [0.1, 0.15) is 0 Å². The maximum Gasteiger partial charge on any atom is 0.287 e. The van der Waals surface area contributed by atoms with Crippen molar-refractivity contribution in [3.63, 3.8) is 0 Å². The summed E-state index contributed by atoms with van der Waals surface area (Å²) in [6.07, 6.45) is 1.10. The Morgan fingerprint density at radius 3 is 2.57 bits per heavy atom. The highest BCUT2D eigenvalue weighted by atomic mass is 16.1. The molecule has 0 aromatic carbocycles. The van der Waals surface area contributed by atoms with Crippen molar-refractivity contribution < 1.29 is 4.79 Å². The first-order valence-electron chi connectivity index (χ1n) is 1.74. The van der Waals surface area contributed by atoms with Crippen LogP contribution in [-0.2, 0) is 4.79 Å². The van der Waals surface area contributed by atoms with E-state index in [9.17, 15) is 4.79 Å². The molecule has 3 heteroatoms. The van der Waals surface area contributed by atoms with E-state index in [1.165, 1.54) is 7.05 Å². The molecule has 0 unspecified atom stereocenters. The third-order valence-electron chi connectivity index (χ3n) is 0.395. The van der Waals surface area contributed by atoms with Gasteiger partial charge in [-0.05, 0) is 6.72 Å². The van der Waals surface area contributed by atoms with Crippen LogP contribution < -0.4 is 0 Å². The number of carbonyl (C=O) groups is 1. The van der Waals surface area contributed by atoms with Gasteiger partial charge in [-0.15, -0.1) is 0 Å². The fourth-order valence-corrected chi connectivity index (χ4v) is 0.151. The summed E-state index contributed by atoms with van der Waals surface area (Å²) in [7, 11) is 1.50. The molecule has 1 amide bonds. The van der Waals surface area contributed by atoms with Crippen LogP contribution in [0, 0.1) is 0 Å². The smallest absolute Gasteiger partial charge is 0.287 e. The molecule has 0 saturated carbocycles. The summed E-state index contributed by atoms with van der Waals surface area (Å²) in [5.41, 5.74) is 0. The Balaban J connectivity index is 3.58. The average molecular weight is 98.1 g/mol. The van der Waals surface area contributed by atoms with Gasteiger partial charge in [0.2, 0.25) is 0 Å². The van der Waals surface area contributed by atoms with E-state index in [1.807, 2.05) is 0 Å². The Morgan fingerprint density at radius 1 is 1.86 bits per heavy atom. The Kier molecular flexibility index (Phi) is 2.76. The standard InChI is InChI=1S/C4H6N2O/c1-5-3-4(7)6-2/h3H,2H2,1H3. The molecule has 0 aliphatic heterocycles. The second kappa shape index (κ2) is 3.21. The van der Waals surface area contributed by atoms with Gasteiger partial charge in [0.25, 0.3) is 5.91 Å². The van der Waals surface area contributed by atoms with E-state index in [-0.39, 0.29) is 0 Å². The zero-order chi connectivity index (χ0) is 5.70. The first-order chi connectivity index (χ1) is 3.31. The summed E-state index contributed by atoms with van der Waals surface area (Å²) in [6, 6.07) is 0. The van der Waals surface area contributed by atoms with Crippen LogP contribution in [0.4, 0.5) is 0 Å². The van der Waals surface area contributed by atoms with Gasteiger partial charge in [0.05, 0.1) is 6.21 Å². The number of amides is 1. The molecule has 0 aliphatic rings. The van der Waals surface area contributed by atoms with Gasteiger partial charge in [-0.3, -0.25) is 9.79 Å². The van der Waals surface area contributed by atoms with Crippen molar-refractivity contribution in [2.45, 2.75) is 0 Å². The highest BCUT2D eigenvalue weighted by Crippen LogP contribution is 1.62. The molecular formula is C4H6N2O. The Bertz CT molecular complexity index is 106. The summed E-state index contributed by atoms with van der Waals surface area (Å²) in [4.78, 5) is 16.5. The molecule has 0 saturated heterocycles. The molecule has 0 aromatic heterocycles. The van der Waals surface area contributed by atoms with Crippen molar-refractivity contribution in [3.05, 3.63) is 0 Å². The molecule has 0 atom stereocenters. The van der Waals surface area contributed by atoms with E-state index in [0.29, 0.717) is 0 Å². The highest BCUT2D eigenvalue weighted by molar-refractivity contribution is 6.27. The Labute approximate surface area is 41.8 Å². The van der Waals surface area contributed by atoms with Crippen LogP contribution >= 0.6 is 0 Å². The van der Waals surface area contributed by atoms with E-state index in [0.717, 1.165) is 6.21 Å². The molecule has 0 N–H and O–H groups in total. The minimum Gasteiger partial charge on any atom is -0.291 e. The number of nitrogens with zero attached hydrogens (tertiary/aromatic N) is 2. The number of carbonyl (C=O) groups excluding carboxylic acids is 1. The van der Waals surface area contributed by atoms with E-state index in [4.69, 9.17) is 0 Å². The fourth-order valence-electron chi connectivity index (χ4n) is 0.151. The summed E-state index contributed by atoms with van der Waals surface area (Å²) >= 11 is 0. The van der Waals surface area contributed by atoms with E-state index in [1.54, 1.807) is 0 Å². The van der Waals surface area contributed by atoms with Crippen LogP contribution in [0.15, 0.2) is 9.98 Å². The molecule has 0 radical (unpaired) electrons. The van der Waals surface area contributed by atoms with Gasteiger partial charge in [-0.1, -0.05) is 0 Å². The predicted molar refractivity (Wildman–Crippen MR) is 29.0 cm³/mol. The van der Waals surface area contributed by atoms with Gasteiger partial charge in [0.1, 0.15) is 0 Å². The summed E-state index contributed by atoms with van der Waals surface area (Å²) < 4.78 is 0. The lowest BCUT2D eigenvalue weighted by Gasteiger charge is -1.71. The lowest BCUT2D eigenvalue weighted by molar-refractivity contribution is -0.111. The number of rotatable bonds is 1. The highest BCUT2D eigenvalue weighted by Gasteiger charge is 1.81. The molecular weight excluding hydrogens is 92.1 g/mol. The molecule has 0 heterocycles. The van der Waals surface area contributed by atoms with Crippen molar-refractivity contribution in [2.75, 3.05) is 7.05 Å². The maximum atomic E-state index is 10.0. The quantitative estimate of drug-likeness (QED) is 0.423. The normalized spacial score (nSPS) is 9.29. The number of hydrogen-bond acceptors (Lipinski definition) is 2. The second-order valence-electron chi connectivity index (χ2n) is 0.884. The largest absolute Gasteiger partial charge is 0.291 e. The van der Waals surface area contributed by atoms with E-state index >= 15 is 0 Å². The molecule has 3 nitrogen and oxygen atoms in total. The molecule has 0 aliphatic carbocycles. The molecule has 0 bridgehead atoms. The topological polar surface area (TPSA) is 41.8 Å². The Hall–Kier alpha value is -0.990. The number of aliphatic imine (C=N–C) groups is 2. The van der Waals surface area contributed by atoms with Gasteiger partial charge < -0.3 is 0 Å². The zero-order valence-electron chi connectivity index (χ0n) is 4.09. The van der Waals surface area contributed by atoms with Gasteiger partial charge in [0.15, 0.2) is 0 Å². The lowest BCUT2D eigenvalue weighted by atomic mass is 10.7. The average Bonchev–Trinajstić information content (AvgIpc) is 1.68. The molecule has 0 spiro atoms. The van der Waals surface area contributed by atoms with Gasteiger partial charge in [-0.25, -0.2) is 4.99 Å². The predicted octanol–water partition coefficient (Wildman–Crippen LogP) is -0.0858. The van der Waals surface area contributed by atoms with Crippen LogP contribution in [-0.4, -0.2) is 25.9 Å². The third kappa shape index (κ3) is 2.82. The van der Waals surface area contributed by atoms with Crippen LogP contribution in [0.3, 0.4) is 0 Å². The summed E-state index contributed by atoms with van der Waals surface area (Å²) in [5, 5.41) is 0. The summed E-state index contributed by atoms with van der Waals surface area (Å²) in [5.74, 6) is -0.400. The molecule has 0 fully saturated rings. The third-order valence-corrected chi connectivity index (χ3v) is 0.395. The monoisotopic (exact) mass is 98.0 g/mol. The van der Waals surface area contributed by atoms with Gasteiger partial charge >= 0.3 is 0 Å². The van der Waals surface area contributed by atoms with Crippen molar-refractivity contribution in [1.29, 1.82) is 0 Å². The number of hydrogen-bond donors (Lipinski definition) is 0. The van der Waals surface area contributed by atoms with Crippen LogP contribution in [0.5, 0.6) is 0 Å². The van der Waals surface area contributed by atoms with Gasteiger partial charge in [0, 0.05) is 7.05 Å². The molecule has 7 heavy (non-hydrogen) atoms. The molecule has 0 rings (SSSR count). The van der Waals surface area contributed by atoms with Crippen molar-refractivity contribution >= 4 is 18.8 Å². The fraction of sp³-hybridized carbons (Fsp3) is 0.250. The minimum atomic E-state index is -0.400.